The molecule has 6 nitrogen and oxygen atoms in total. The van der Waals surface area contributed by atoms with Gasteiger partial charge in [0.15, 0.2) is 5.58 Å². The van der Waals surface area contributed by atoms with E-state index < -0.39 is 5.54 Å². The second kappa shape index (κ2) is 7.52. The number of nitrogens with one attached hydrogen (secondary N) is 1. The van der Waals surface area contributed by atoms with E-state index in [-0.39, 0.29) is 5.91 Å². The Morgan fingerprint density at radius 1 is 1.03 bits per heavy atom. The first-order valence-electron chi connectivity index (χ1n) is 10.4. The molecule has 1 amide bonds. The van der Waals surface area contributed by atoms with Crippen molar-refractivity contribution >= 4 is 22.6 Å². The summed E-state index contributed by atoms with van der Waals surface area (Å²) < 4.78 is 5.41. The lowest BCUT2D eigenvalue weighted by Crippen LogP contribution is -2.56. The average molecular weight is 390 g/mol. The molecule has 1 spiro atoms. The van der Waals surface area contributed by atoms with Gasteiger partial charge in [0.1, 0.15) is 5.54 Å². The lowest BCUT2D eigenvalue weighted by molar-refractivity contribution is -0.125. The molecule has 6 heteroatoms. The summed E-state index contributed by atoms with van der Waals surface area (Å²) in [5, 5.41) is 8.43. The summed E-state index contributed by atoms with van der Waals surface area (Å²) in [6.45, 7) is 3.50. The zero-order valence-corrected chi connectivity index (χ0v) is 16.5. The van der Waals surface area contributed by atoms with Crippen molar-refractivity contribution in [2.24, 2.45) is 0 Å². The van der Waals surface area contributed by atoms with Crippen molar-refractivity contribution in [1.82, 2.24) is 15.4 Å². The third kappa shape index (κ3) is 3.27. The SMILES string of the molecule is O=C1NCN(c2ccccc2)C12CCN(CCCc1noc3ccccc13)CC2. The second-order valence-corrected chi connectivity index (χ2v) is 8.03. The van der Waals surface area contributed by atoms with Crippen molar-refractivity contribution in [2.45, 2.75) is 31.2 Å². The first-order chi connectivity index (χ1) is 14.3. The van der Waals surface area contributed by atoms with Crippen molar-refractivity contribution in [1.29, 1.82) is 0 Å². The second-order valence-electron chi connectivity index (χ2n) is 8.03. The molecule has 2 aliphatic heterocycles. The summed E-state index contributed by atoms with van der Waals surface area (Å²) in [5.41, 5.74) is 2.62. The molecule has 2 saturated heterocycles. The highest BCUT2D eigenvalue weighted by molar-refractivity contribution is 5.93. The Labute approximate surface area is 170 Å². The van der Waals surface area contributed by atoms with Crippen molar-refractivity contribution in [3.05, 3.63) is 60.3 Å². The van der Waals surface area contributed by atoms with Gasteiger partial charge in [-0.2, -0.15) is 0 Å². The highest BCUT2D eigenvalue weighted by Gasteiger charge is 2.50. The fraction of sp³-hybridized carbons (Fsp3) is 0.391. The number of piperidine rings is 1. The van der Waals surface area contributed by atoms with Crippen LogP contribution in [0, 0.1) is 0 Å². The lowest BCUT2D eigenvalue weighted by atomic mass is 9.85. The van der Waals surface area contributed by atoms with Crippen LogP contribution in [0.1, 0.15) is 25.0 Å². The van der Waals surface area contributed by atoms with Gasteiger partial charge in [0.25, 0.3) is 0 Å². The van der Waals surface area contributed by atoms with Gasteiger partial charge in [-0.25, -0.2) is 0 Å². The lowest BCUT2D eigenvalue weighted by Gasteiger charge is -2.43. The number of hydrogen-bond acceptors (Lipinski definition) is 5. The highest BCUT2D eigenvalue weighted by atomic mass is 16.5. The number of carbonyl (C=O) groups is 1. The monoisotopic (exact) mass is 390 g/mol. The van der Waals surface area contributed by atoms with E-state index in [9.17, 15) is 4.79 Å². The van der Waals surface area contributed by atoms with Crippen LogP contribution in [0.4, 0.5) is 5.69 Å². The van der Waals surface area contributed by atoms with E-state index in [2.05, 4.69) is 38.5 Å². The zero-order chi connectivity index (χ0) is 19.7. The van der Waals surface area contributed by atoms with Gasteiger partial charge in [0, 0.05) is 24.2 Å². The molecule has 3 heterocycles. The molecule has 1 N–H and O–H groups in total. The van der Waals surface area contributed by atoms with Gasteiger partial charge in [-0.1, -0.05) is 35.5 Å². The number of hydrogen-bond donors (Lipinski definition) is 1. The van der Waals surface area contributed by atoms with Crippen LogP contribution in [0.2, 0.25) is 0 Å². The number of aryl methyl sites for hydroxylation is 1. The van der Waals surface area contributed by atoms with Crippen LogP contribution in [0.3, 0.4) is 0 Å². The largest absolute Gasteiger partial charge is 0.356 e. The maximum absolute atomic E-state index is 12.7. The fourth-order valence-electron chi connectivity index (χ4n) is 4.77. The Morgan fingerprint density at radius 3 is 2.62 bits per heavy atom. The van der Waals surface area contributed by atoms with Gasteiger partial charge >= 0.3 is 0 Å². The number of para-hydroxylation sites is 2. The Morgan fingerprint density at radius 2 is 1.79 bits per heavy atom. The first kappa shape index (κ1) is 18.2. The maximum Gasteiger partial charge on any atom is 0.247 e. The summed E-state index contributed by atoms with van der Waals surface area (Å²) in [7, 11) is 0. The summed E-state index contributed by atoms with van der Waals surface area (Å²) in [6.07, 6.45) is 3.68. The zero-order valence-electron chi connectivity index (χ0n) is 16.5. The van der Waals surface area contributed by atoms with Crippen molar-refractivity contribution in [2.75, 3.05) is 31.2 Å². The molecule has 0 atom stereocenters. The molecule has 0 unspecified atom stereocenters. The molecule has 29 heavy (non-hydrogen) atoms. The van der Waals surface area contributed by atoms with Crippen molar-refractivity contribution in [3.63, 3.8) is 0 Å². The number of likely N-dealkylation sites (tertiary alicyclic amines) is 1. The van der Waals surface area contributed by atoms with Crippen LogP contribution < -0.4 is 10.2 Å². The summed E-state index contributed by atoms with van der Waals surface area (Å²) in [5.74, 6) is 0.176. The fourth-order valence-corrected chi connectivity index (χ4v) is 4.77. The van der Waals surface area contributed by atoms with E-state index in [4.69, 9.17) is 4.52 Å². The molecule has 5 rings (SSSR count). The Balaban J connectivity index is 1.19. The number of benzene rings is 2. The molecule has 2 fully saturated rings. The maximum atomic E-state index is 12.7. The molecule has 0 bridgehead atoms. The van der Waals surface area contributed by atoms with E-state index in [1.54, 1.807) is 0 Å². The predicted molar refractivity (Wildman–Crippen MR) is 113 cm³/mol. The third-order valence-corrected chi connectivity index (χ3v) is 6.43. The summed E-state index contributed by atoms with van der Waals surface area (Å²) >= 11 is 0. The number of amides is 1. The molecule has 150 valence electrons. The van der Waals surface area contributed by atoms with E-state index in [0.29, 0.717) is 6.67 Å². The summed E-state index contributed by atoms with van der Waals surface area (Å²) in [6, 6.07) is 18.3. The number of aromatic nitrogens is 1. The molecular formula is C23H26N4O2. The van der Waals surface area contributed by atoms with Gasteiger partial charge in [0.05, 0.1) is 12.4 Å². The molecule has 0 aliphatic carbocycles. The Hall–Kier alpha value is -2.86. The van der Waals surface area contributed by atoms with Crippen molar-refractivity contribution in [3.8, 4) is 0 Å². The third-order valence-electron chi connectivity index (χ3n) is 6.43. The highest BCUT2D eigenvalue weighted by Crippen LogP contribution is 2.36. The van der Waals surface area contributed by atoms with Gasteiger partial charge < -0.3 is 19.6 Å². The Kier molecular flexibility index (Phi) is 4.72. The van der Waals surface area contributed by atoms with Crippen LogP contribution >= 0.6 is 0 Å². The standard InChI is InChI=1S/C23H26N4O2/c28-22-23(27(17-24-22)18-7-2-1-3-8-18)12-15-26(16-13-23)14-6-10-20-19-9-4-5-11-21(19)29-25-20/h1-5,7-9,11H,6,10,12-17H2,(H,24,28). The summed E-state index contributed by atoms with van der Waals surface area (Å²) in [4.78, 5) is 17.5. The normalized spacial score (nSPS) is 19.2. The topological polar surface area (TPSA) is 61.6 Å². The number of carbonyl (C=O) groups excluding carboxylic acids is 1. The van der Waals surface area contributed by atoms with Gasteiger partial charge in [-0.05, 0) is 56.5 Å². The van der Waals surface area contributed by atoms with Gasteiger partial charge in [-0.15, -0.1) is 0 Å². The average Bonchev–Trinajstić information content (AvgIpc) is 3.32. The van der Waals surface area contributed by atoms with Gasteiger partial charge in [0.2, 0.25) is 5.91 Å². The molecule has 0 saturated carbocycles. The van der Waals surface area contributed by atoms with E-state index in [1.807, 2.05) is 36.4 Å². The minimum Gasteiger partial charge on any atom is -0.356 e. The first-order valence-corrected chi connectivity index (χ1v) is 10.4. The molecule has 0 radical (unpaired) electrons. The number of fused-ring (bicyclic) bond motifs is 1. The van der Waals surface area contributed by atoms with Crippen LogP contribution in [0.25, 0.3) is 11.0 Å². The molecular weight excluding hydrogens is 364 g/mol. The van der Waals surface area contributed by atoms with E-state index in [1.165, 1.54) is 0 Å². The molecule has 2 aliphatic rings. The minimum absolute atomic E-state index is 0.176. The number of rotatable bonds is 5. The quantitative estimate of drug-likeness (QED) is 0.725. The van der Waals surface area contributed by atoms with E-state index in [0.717, 1.165) is 67.7 Å². The predicted octanol–water partition coefficient (Wildman–Crippen LogP) is 3.19. The van der Waals surface area contributed by atoms with Crippen molar-refractivity contribution < 1.29 is 9.32 Å². The molecule has 2 aromatic carbocycles. The Bertz CT molecular complexity index is 992. The van der Waals surface area contributed by atoms with Crippen LogP contribution in [0.15, 0.2) is 59.1 Å². The van der Waals surface area contributed by atoms with Crippen LogP contribution in [0.5, 0.6) is 0 Å². The van der Waals surface area contributed by atoms with Crippen LogP contribution in [-0.2, 0) is 11.2 Å². The molecule has 1 aromatic heterocycles. The van der Waals surface area contributed by atoms with Crippen LogP contribution in [-0.4, -0.2) is 47.8 Å². The number of nitrogens with zero attached hydrogens (tertiary/aromatic N) is 3. The smallest absolute Gasteiger partial charge is 0.247 e. The minimum atomic E-state index is -0.403. The molecule has 3 aromatic rings. The number of anilines is 1. The van der Waals surface area contributed by atoms with E-state index >= 15 is 0 Å². The van der Waals surface area contributed by atoms with Gasteiger partial charge in [-0.3, -0.25) is 4.79 Å².